The summed E-state index contributed by atoms with van der Waals surface area (Å²) in [5.74, 6) is 1.12. The van der Waals surface area contributed by atoms with Crippen LogP contribution in [0.4, 0.5) is 4.79 Å². The van der Waals surface area contributed by atoms with E-state index in [0.717, 1.165) is 12.8 Å². The fraction of sp³-hybridized carbons (Fsp3) is 0.579. The van der Waals surface area contributed by atoms with E-state index in [0.29, 0.717) is 30.2 Å². The number of likely N-dealkylation sites (tertiary alicyclic amines) is 1. The van der Waals surface area contributed by atoms with E-state index in [1.807, 2.05) is 20.8 Å². The van der Waals surface area contributed by atoms with Crippen LogP contribution in [0.2, 0.25) is 0 Å². The van der Waals surface area contributed by atoms with Gasteiger partial charge in [-0.3, -0.25) is 4.79 Å². The Morgan fingerprint density at radius 1 is 1.27 bits per heavy atom. The molecule has 1 saturated heterocycles. The summed E-state index contributed by atoms with van der Waals surface area (Å²) in [6.45, 7) is 6.86. The third kappa shape index (κ3) is 4.03. The molecule has 0 aromatic heterocycles. The summed E-state index contributed by atoms with van der Waals surface area (Å²) in [5, 5.41) is 0. The largest absolute Gasteiger partial charge is 0.454 e. The monoisotopic (exact) mass is 362 g/mol. The summed E-state index contributed by atoms with van der Waals surface area (Å²) in [7, 11) is 1.75. The Bertz CT molecular complexity index is 698. The lowest BCUT2D eigenvalue weighted by molar-refractivity contribution is 0.0199. The topological polar surface area (TPSA) is 68.3 Å². The van der Waals surface area contributed by atoms with Gasteiger partial charge in [0.05, 0.1) is 6.04 Å². The molecule has 2 amide bonds. The maximum absolute atomic E-state index is 12.7. The molecule has 0 bridgehead atoms. The first kappa shape index (κ1) is 18.4. The van der Waals surface area contributed by atoms with Gasteiger partial charge in [-0.05, 0) is 51.8 Å². The van der Waals surface area contributed by atoms with Crippen molar-refractivity contribution in [1.82, 2.24) is 9.80 Å². The van der Waals surface area contributed by atoms with Gasteiger partial charge in [-0.1, -0.05) is 0 Å². The Morgan fingerprint density at radius 2 is 2.00 bits per heavy atom. The maximum Gasteiger partial charge on any atom is 0.410 e. The Balaban J connectivity index is 1.64. The predicted molar refractivity (Wildman–Crippen MR) is 95.5 cm³/mol. The summed E-state index contributed by atoms with van der Waals surface area (Å²) < 4.78 is 16.1. The van der Waals surface area contributed by atoms with Crippen molar-refractivity contribution in [2.24, 2.45) is 0 Å². The number of ether oxygens (including phenoxy) is 3. The SMILES string of the molecule is CN(CC1CCCN1C(=O)OC(C)(C)C)C(=O)c1ccc2c(c1)OCO2. The van der Waals surface area contributed by atoms with Crippen LogP contribution in [0.3, 0.4) is 0 Å². The standard InChI is InChI=1S/C19H26N2O5/c1-19(2,3)26-18(23)21-9-5-6-14(21)11-20(4)17(22)13-7-8-15-16(10-13)25-12-24-15/h7-8,10,14H,5-6,9,11-12H2,1-4H3. The van der Waals surface area contributed by atoms with Crippen LogP contribution in [-0.4, -0.2) is 60.4 Å². The van der Waals surface area contributed by atoms with Gasteiger partial charge in [0.1, 0.15) is 5.60 Å². The molecule has 3 rings (SSSR count). The van der Waals surface area contributed by atoms with E-state index in [4.69, 9.17) is 14.2 Å². The molecule has 26 heavy (non-hydrogen) atoms. The first-order valence-corrected chi connectivity index (χ1v) is 8.89. The minimum atomic E-state index is -0.529. The summed E-state index contributed by atoms with van der Waals surface area (Å²) in [6, 6.07) is 5.13. The molecule has 0 aliphatic carbocycles. The maximum atomic E-state index is 12.7. The van der Waals surface area contributed by atoms with E-state index in [1.165, 1.54) is 0 Å². The molecule has 1 unspecified atom stereocenters. The fourth-order valence-electron chi connectivity index (χ4n) is 3.24. The van der Waals surface area contributed by atoms with Crippen LogP contribution < -0.4 is 9.47 Å². The van der Waals surface area contributed by atoms with Crippen molar-refractivity contribution >= 4 is 12.0 Å². The van der Waals surface area contributed by atoms with Crippen LogP contribution in [0, 0.1) is 0 Å². The van der Waals surface area contributed by atoms with E-state index < -0.39 is 5.60 Å². The average Bonchev–Trinajstić information content (AvgIpc) is 3.20. The van der Waals surface area contributed by atoms with Gasteiger partial charge in [0, 0.05) is 25.7 Å². The number of hydrogen-bond donors (Lipinski definition) is 0. The van der Waals surface area contributed by atoms with Crippen LogP contribution in [0.1, 0.15) is 44.0 Å². The lowest BCUT2D eigenvalue weighted by atomic mass is 10.1. The molecule has 142 valence electrons. The average molecular weight is 362 g/mol. The third-order valence-corrected chi connectivity index (χ3v) is 4.46. The van der Waals surface area contributed by atoms with E-state index in [1.54, 1.807) is 35.0 Å². The highest BCUT2D eigenvalue weighted by molar-refractivity contribution is 5.94. The summed E-state index contributed by atoms with van der Waals surface area (Å²) in [4.78, 5) is 28.5. The van der Waals surface area contributed by atoms with Crippen LogP contribution in [0.25, 0.3) is 0 Å². The second kappa shape index (κ2) is 7.05. The summed E-state index contributed by atoms with van der Waals surface area (Å²) >= 11 is 0. The second-order valence-electron chi connectivity index (χ2n) is 7.72. The molecule has 2 heterocycles. The summed E-state index contributed by atoms with van der Waals surface area (Å²) in [6.07, 6.45) is 1.46. The van der Waals surface area contributed by atoms with Crippen LogP contribution in [0.5, 0.6) is 11.5 Å². The van der Waals surface area contributed by atoms with Crippen LogP contribution in [-0.2, 0) is 4.74 Å². The van der Waals surface area contributed by atoms with E-state index in [2.05, 4.69) is 0 Å². The third-order valence-electron chi connectivity index (χ3n) is 4.46. The van der Waals surface area contributed by atoms with Gasteiger partial charge in [0.15, 0.2) is 11.5 Å². The molecule has 2 aliphatic rings. The van der Waals surface area contributed by atoms with Crippen molar-refractivity contribution in [2.45, 2.75) is 45.3 Å². The molecule has 0 radical (unpaired) electrons. The lowest BCUT2D eigenvalue weighted by Crippen LogP contribution is -2.45. The molecule has 1 atom stereocenters. The molecule has 0 spiro atoms. The number of carbonyl (C=O) groups excluding carboxylic acids is 2. The molecule has 1 fully saturated rings. The highest BCUT2D eigenvalue weighted by Crippen LogP contribution is 2.33. The Hall–Kier alpha value is -2.44. The molecule has 0 N–H and O–H groups in total. The quantitative estimate of drug-likeness (QED) is 0.827. The Morgan fingerprint density at radius 3 is 2.73 bits per heavy atom. The fourth-order valence-corrected chi connectivity index (χ4v) is 3.24. The number of rotatable bonds is 3. The number of likely N-dealkylation sites (N-methyl/N-ethyl adjacent to an activating group) is 1. The molecule has 7 nitrogen and oxygen atoms in total. The molecular weight excluding hydrogens is 336 g/mol. The van der Waals surface area contributed by atoms with E-state index in [9.17, 15) is 9.59 Å². The molecule has 7 heteroatoms. The first-order valence-electron chi connectivity index (χ1n) is 8.89. The normalized spacial score (nSPS) is 18.8. The Kier molecular flexibility index (Phi) is 4.98. The molecule has 1 aromatic rings. The minimum Gasteiger partial charge on any atom is -0.454 e. The second-order valence-corrected chi connectivity index (χ2v) is 7.72. The van der Waals surface area contributed by atoms with Gasteiger partial charge in [-0.2, -0.15) is 0 Å². The first-order chi connectivity index (χ1) is 12.2. The number of hydrogen-bond acceptors (Lipinski definition) is 5. The van der Waals surface area contributed by atoms with Gasteiger partial charge in [0.2, 0.25) is 6.79 Å². The zero-order valence-corrected chi connectivity index (χ0v) is 15.8. The van der Waals surface area contributed by atoms with Crippen molar-refractivity contribution in [3.05, 3.63) is 23.8 Å². The van der Waals surface area contributed by atoms with Crippen molar-refractivity contribution in [1.29, 1.82) is 0 Å². The molecular formula is C19H26N2O5. The highest BCUT2D eigenvalue weighted by atomic mass is 16.7. The summed E-state index contributed by atoms with van der Waals surface area (Å²) in [5.41, 5.74) is 0.0110. The molecule has 0 saturated carbocycles. The zero-order chi connectivity index (χ0) is 18.9. The highest BCUT2D eigenvalue weighted by Gasteiger charge is 2.33. The van der Waals surface area contributed by atoms with Crippen molar-refractivity contribution in [2.75, 3.05) is 26.9 Å². The molecule has 1 aromatic carbocycles. The van der Waals surface area contributed by atoms with E-state index >= 15 is 0 Å². The molecule has 2 aliphatic heterocycles. The van der Waals surface area contributed by atoms with Gasteiger partial charge >= 0.3 is 6.09 Å². The Labute approximate surface area is 153 Å². The van der Waals surface area contributed by atoms with Crippen LogP contribution in [0.15, 0.2) is 18.2 Å². The smallest absolute Gasteiger partial charge is 0.410 e. The van der Waals surface area contributed by atoms with E-state index in [-0.39, 0.29) is 24.8 Å². The van der Waals surface area contributed by atoms with Crippen LogP contribution >= 0.6 is 0 Å². The number of benzene rings is 1. The van der Waals surface area contributed by atoms with Gasteiger partial charge in [-0.25, -0.2) is 4.79 Å². The lowest BCUT2D eigenvalue weighted by Gasteiger charge is -2.31. The number of carbonyl (C=O) groups is 2. The minimum absolute atomic E-state index is 0.0344. The number of nitrogens with zero attached hydrogens (tertiary/aromatic N) is 2. The number of amides is 2. The predicted octanol–water partition coefficient (Wildman–Crippen LogP) is 2.89. The van der Waals surface area contributed by atoms with Gasteiger partial charge < -0.3 is 24.0 Å². The van der Waals surface area contributed by atoms with Gasteiger partial charge in [0.25, 0.3) is 5.91 Å². The van der Waals surface area contributed by atoms with Crippen molar-refractivity contribution in [3.8, 4) is 11.5 Å². The van der Waals surface area contributed by atoms with Gasteiger partial charge in [-0.15, -0.1) is 0 Å². The zero-order valence-electron chi connectivity index (χ0n) is 15.8. The number of fused-ring (bicyclic) bond motifs is 1. The van der Waals surface area contributed by atoms with Crippen molar-refractivity contribution < 1.29 is 23.8 Å². The van der Waals surface area contributed by atoms with Crippen molar-refractivity contribution in [3.63, 3.8) is 0 Å².